The van der Waals surface area contributed by atoms with Gasteiger partial charge in [-0.25, -0.2) is 0 Å². The highest BCUT2D eigenvalue weighted by molar-refractivity contribution is 7.98. The maximum Gasteiger partial charge on any atom is 0.224 e. The van der Waals surface area contributed by atoms with Crippen molar-refractivity contribution in [1.29, 1.82) is 0 Å². The fourth-order valence-electron chi connectivity index (χ4n) is 1.78. The predicted molar refractivity (Wildman–Crippen MR) is 82.8 cm³/mol. The summed E-state index contributed by atoms with van der Waals surface area (Å²) >= 11 is 1.75. The number of nitrogens with one attached hydrogen (secondary N) is 1. The molecule has 0 atom stereocenters. The molecule has 106 valence electrons. The minimum Gasteiger partial charge on any atom is -0.468 e. The van der Waals surface area contributed by atoms with Crippen molar-refractivity contribution >= 4 is 17.7 Å². The Morgan fingerprint density at radius 3 is 2.75 bits per heavy atom. The van der Waals surface area contributed by atoms with E-state index in [9.17, 15) is 4.79 Å². The molecule has 0 fully saturated rings. The van der Waals surface area contributed by atoms with Crippen molar-refractivity contribution in [3.05, 3.63) is 59.5 Å². The van der Waals surface area contributed by atoms with Crippen LogP contribution in [0.25, 0.3) is 0 Å². The molecule has 0 saturated heterocycles. The van der Waals surface area contributed by atoms with Gasteiger partial charge in [-0.15, -0.1) is 0 Å². The van der Waals surface area contributed by atoms with Gasteiger partial charge in [-0.1, -0.05) is 29.8 Å². The fraction of sp³-hybridized carbons (Fsp3) is 0.312. The Labute approximate surface area is 123 Å². The minimum absolute atomic E-state index is 0.0763. The van der Waals surface area contributed by atoms with E-state index >= 15 is 0 Å². The molecule has 1 aromatic carbocycles. The molecule has 2 aromatic rings. The first-order valence-electron chi connectivity index (χ1n) is 6.66. The van der Waals surface area contributed by atoms with Crippen LogP contribution in [0.2, 0.25) is 0 Å². The second-order valence-corrected chi connectivity index (χ2v) is 5.75. The predicted octanol–water partition coefficient (Wildman–Crippen LogP) is 3.18. The molecular formula is C16H19NO2S. The second-order valence-electron chi connectivity index (χ2n) is 4.64. The third-order valence-corrected chi connectivity index (χ3v) is 3.86. The van der Waals surface area contributed by atoms with Crippen LogP contribution in [0.15, 0.2) is 47.1 Å². The number of carbonyl (C=O) groups excluding carboxylic acids is 1. The Morgan fingerprint density at radius 2 is 2.05 bits per heavy atom. The highest BCUT2D eigenvalue weighted by Gasteiger charge is 2.02. The summed E-state index contributed by atoms with van der Waals surface area (Å²) in [6.45, 7) is 2.73. The Morgan fingerprint density at radius 1 is 1.25 bits per heavy atom. The summed E-state index contributed by atoms with van der Waals surface area (Å²) in [4.78, 5) is 11.8. The number of hydrogen-bond donors (Lipinski definition) is 1. The van der Waals surface area contributed by atoms with Gasteiger partial charge in [0.15, 0.2) is 0 Å². The highest BCUT2D eigenvalue weighted by Crippen LogP contribution is 2.11. The Hall–Kier alpha value is -1.68. The third kappa shape index (κ3) is 5.13. The van der Waals surface area contributed by atoms with Gasteiger partial charge in [0.2, 0.25) is 5.91 Å². The summed E-state index contributed by atoms with van der Waals surface area (Å²) < 4.78 is 5.24. The zero-order valence-electron chi connectivity index (χ0n) is 11.6. The lowest BCUT2D eigenvalue weighted by Gasteiger charge is -2.05. The lowest BCUT2D eigenvalue weighted by Crippen LogP contribution is -2.27. The number of carbonyl (C=O) groups is 1. The van der Waals surface area contributed by atoms with Crippen LogP contribution in [0.3, 0.4) is 0 Å². The van der Waals surface area contributed by atoms with Crippen molar-refractivity contribution in [2.24, 2.45) is 0 Å². The first-order valence-corrected chi connectivity index (χ1v) is 7.82. The topological polar surface area (TPSA) is 42.2 Å². The molecule has 1 amide bonds. The van der Waals surface area contributed by atoms with Crippen LogP contribution in [0.1, 0.15) is 16.9 Å². The van der Waals surface area contributed by atoms with Gasteiger partial charge in [0.25, 0.3) is 0 Å². The zero-order valence-corrected chi connectivity index (χ0v) is 12.4. The van der Waals surface area contributed by atoms with Gasteiger partial charge < -0.3 is 9.73 Å². The molecule has 20 heavy (non-hydrogen) atoms. The van der Waals surface area contributed by atoms with Crippen molar-refractivity contribution in [2.45, 2.75) is 19.1 Å². The molecule has 1 aromatic heterocycles. The van der Waals surface area contributed by atoms with Gasteiger partial charge in [-0.05, 0) is 24.6 Å². The lowest BCUT2D eigenvalue weighted by molar-refractivity contribution is -0.120. The molecule has 0 spiro atoms. The van der Waals surface area contributed by atoms with E-state index in [2.05, 4.69) is 5.32 Å². The van der Waals surface area contributed by atoms with Crippen LogP contribution >= 0.6 is 11.8 Å². The lowest BCUT2D eigenvalue weighted by atomic mass is 10.1. The van der Waals surface area contributed by atoms with Gasteiger partial charge in [0.05, 0.1) is 18.4 Å². The number of hydrogen-bond acceptors (Lipinski definition) is 3. The van der Waals surface area contributed by atoms with E-state index in [0.717, 1.165) is 22.8 Å². The molecule has 4 heteroatoms. The summed E-state index contributed by atoms with van der Waals surface area (Å²) in [5.41, 5.74) is 2.26. The van der Waals surface area contributed by atoms with E-state index in [4.69, 9.17) is 4.42 Å². The largest absolute Gasteiger partial charge is 0.468 e. The first kappa shape index (κ1) is 14.7. The van der Waals surface area contributed by atoms with Crippen molar-refractivity contribution in [3.63, 3.8) is 0 Å². The molecule has 0 aliphatic carbocycles. The van der Waals surface area contributed by atoms with Gasteiger partial charge in [-0.3, -0.25) is 4.79 Å². The number of furan rings is 1. The number of benzene rings is 1. The molecule has 0 unspecified atom stereocenters. The van der Waals surface area contributed by atoms with Gasteiger partial charge in [-0.2, -0.15) is 11.8 Å². The van der Waals surface area contributed by atoms with Crippen molar-refractivity contribution in [1.82, 2.24) is 5.32 Å². The van der Waals surface area contributed by atoms with Crippen LogP contribution in [-0.4, -0.2) is 18.2 Å². The first-order chi connectivity index (χ1) is 9.74. The monoisotopic (exact) mass is 289 g/mol. The second kappa shape index (κ2) is 7.80. The quantitative estimate of drug-likeness (QED) is 0.796. The molecule has 2 rings (SSSR count). The summed E-state index contributed by atoms with van der Waals surface area (Å²) in [5, 5.41) is 2.94. The molecule has 3 nitrogen and oxygen atoms in total. The summed E-state index contributed by atoms with van der Waals surface area (Å²) in [7, 11) is 0. The third-order valence-electron chi connectivity index (χ3n) is 2.88. The molecule has 0 aliphatic rings. The van der Waals surface area contributed by atoms with Crippen molar-refractivity contribution in [2.75, 3.05) is 12.3 Å². The summed E-state index contributed by atoms with van der Waals surface area (Å²) in [6.07, 6.45) is 2.13. The Bertz CT molecular complexity index is 520. The normalized spacial score (nSPS) is 10.4. The average Bonchev–Trinajstić information content (AvgIpc) is 2.94. The molecule has 0 bridgehead atoms. The summed E-state index contributed by atoms with van der Waals surface area (Å²) in [6, 6.07) is 11.9. The van der Waals surface area contributed by atoms with Gasteiger partial charge in [0.1, 0.15) is 5.76 Å². The fourth-order valence-corrected chi connectivity index (χ4v) is 2.54. The van der Waals surface area contributed by atoms with Crippen LogP contribution < -0.4 is 5.32 Å². The molecule has 0 saturated carbocycles. The standard InChI is InChI=1S/C16H19NO2S/c1-13-4-6-14(7-5-13)11-16(18)17-8-10-20-12-15-3-2-9-19-15/h2-7,9H,8,10-12H2,1H3,(H,17,18). The summed E-state index contributed by atoms with van der Waals surface area (Å²) in [5.74, 6) is 2.79. The highest BCUT2D eigenvalue weighted by atomic mass is 32.2. The smallest absolute Gasteiger partial charge is 0.224 e. The maximum absolute atomic E-state index is 11.8. The molecule has 0 radical (unpaired) electrons. The minimum atomic E-state index is 0.0763. The number of amides is 1. The van der Waals surface area contributed by atoms with Crippen LogP contribution in [-0.2, 0) is 17.0 Å². The Balaban J connectivity index is 1.59. The van der Waals surface area contributed by atoms with E-state index in [1.54, 1.807) is 18.0 Å². The van der Waals surface area contributed by atoms with E-state index in [1.807, 2.05) is 43.3 Å². The van der Waals surface area contributed by atoms with E-state index in [1.165, 1.54) is 5.56 Å². The number of aryl methyl sites for hydroxylation is 1. The molecule has 1 heterocycles. The van der Waals surface area contributed by atoms with Crippen LogP contribution in [0, 0.1) is 6.92 Å². The van der Waals surface area contributed by atoms with E-state index in [-0.39, 0.29) is 5.91 Å². The van der Waals surface area contributed by atoms with Crippen LogP contribution in [0.5, 0.6) is 0 Å². The average molecular weight is 289 g/mol. The van der Waals surface area contributed by atoms with E-state index in [0.29, 0.717) is 13.0 Å². The molecule has 1 N–H and O–H groups in total. The number of rotatable bonds is 7. The zero-order chi connectivity index (χ0) is 14.2. The van der Waals surface area contributed by atoms with Gasteiger partial charge in [0, 0.05) is 12.3 Å². The van der Waals surface area contributed by atoms with Gasteiger partial charge >= 0.3 is 0 Å². The number of thioether (sulfide) groups is 1. The van der Waals surface area contributed by atoms with Crippen molar-refractivity contribution in [3.8, 4) is 0 Å². The Kier molecular flexibility index (Phi) is 5.74. The SMILES string of the molecule is Cc1ccc(CC(=O)NCCSCc2ccco2)cc1. The van der Waals surface area contributed by atoms with Crippen molar-refractivity contribution < 1.29 is 9.21 Å². The molecular weight excluding hydrogens is 270 g/mol. The molecule has 0 aliphatic heterocycles. The van der Waals surface area contributed by atoms with Crippen LogP contribution in [0.4, 0.5) is 0 Å². The maximum atomic E-state index is 11.8. The van der Waals surface area contributed by atoms with E-state index < -0.39 is 0 Å².